The highest BCUT2D eigenvalue weighted by atomic mass is 16.1. The zero-order valence-electron chi connectivity index (χ0n) is 8.94. The third-order valence-electron chi connectivity index (χ3n) is 2.12. The van der Waals surface area contributed by atoms with E-state index in [4.69, 9.17) is 0 Å². The van der Waals surface area contributed by atoms with Crippen molar-refractivity contribution in [1.82, 2.24) is 0 Å². The smallest absolute Gasteiger partial charge is 0.211 e. The number of rotatable bonds is 5. The second-order valence-electron chi connectivity index (χ2n) is 3.31. The predicted octanol–water partition coefficient (Wildman–Crippen LogP) is 3.86. The van der Waals surface area contributed by atoms with E-state index in [1.807, 2.05) is 30.3 Å². The van der Waals surface area contributed by atoms with Gasteiger partial charge in [-0.2, -0.15) is 4.99 Å². The van der Waals surface area contributed by atoms with Gasteiger partial charge in [0.25, 0.3) is 0 Å². The van der Waals surface area contributed by atoms with Crippen LogP contribution in [-0.2, 0) is 4.79 Å². The number of unbranched alkanes of at least 4 members (excludes halogenated alkanes) is 2. The molecule has 0 saturated carbocycles. The maximum absolute atomic E-state index is 10.2. The van der Waals surface area contributed by atoms with Crippen LogP contribution in [0.5, 0.6) is 0 Å². The summed E-state index contributed by atoms with van der Waals surface area (Å²) in [4.78, 5) is 13.8. The topological polar surface area (TPSA) is 29.4 Å². The summed E-state index contributed by atoms with van der Waals surface area (Å²) >= 11 is 0. The number of aliphatic imine (C=N–C) groups is 1. The average molecular weight is 201 g/mol. The van der Waals surface area contributed by atoms with Crippen molar-refractivity contribution in [1.29, 1.82) is 0 Å². The van der Waals surface area contributed by atoms with Gasteiger partial charge in [-0.15, -0.1) is 0 Å². The predicted molar refractivity (Wildman–Crippen MR) is 62.8 cm³/mol. The summed E-state index contributed by atoms with van der Waals surface area (Å²) in [5.41, 5.74) is 1.65. The van der Waals surface area contributed by atoms with Crippen molar-refractivity contribution in [3.63, 3.8) is 0 Å². The number of hydrogen-bond acceptors (Lipinski definition) is 2. The van der Waals surface area contributed by atoms with Crippen LogP contribution in [0.3, 0.4) is 0 Å². The lowest BCUT2D eigenvalue weighted by molar-refractivity contribution is 0.565. The third kappa shape index (κ3) is 3.92. The van der Waals surface area contributed by atoms with Crippen LogP contribution in [0.4, 0.5) is 5.69 Å². The molecular formula is C13H15NO. The van der Waals surface area contributed by atoms with Crippen molar-refractivity contribution >= 4 is 17.8 Å². The zero-order chi connectivity index (χ0) is 10.9. The lowest BCUT2D eigenvalue weighted by Gasteiger charge is -1.97. The normalized spacial score (nSPS) is 10.2. The molecule has 0 unspecified atom stereocenters. The summed E-state index contributed by atoms with van der Waals surface area (Å²) < 4.78 is 0. The van der Waals surface area contributed by atoms with Gasteiger partial charge in [-0.3, -0.25) is 0 Å². The van der Waals surface area contributed by atoms with E-state index >= 15 is 0 Å². The molecule has 0 heterocycles. The van der Waals surface area contributed by atoms with Crippen molar-refractivity contribution in [3.05, 3.63) is 35.9 Å². The molecule has 78 valence electrons. The Morgan fingerprint density at radius 2 is 2.20 bits per heavy atom. The standard InChI is InChI=1S/C13H15NO/c1-2-3-4-5-8-12-9-6-7-10-13(12)14-11-15/h5-10H,2-4H2,1H3/b8-5+. The molecule has 2 nitrogen and oxygen atoms in total. The molecule has 0 saturated heterocycles. The van der Waals surface area contributed by atoms with Gasteiger partial charge in [0.2, 0.25) is 6.08 Å². The van der Waals surface area contributed by atoms with E-state index in [9.17, 15) is 4.79 Å². The second kappa shape index (κ2) is 6.74. The van der Waals surface area contributed by atoms with Gasteiger partial charge in [0.1, 0.15) is 0 Å². The maximum Gasteiger partial charge on any atom is 0.240 e. The quantitative estimate of drug-likeness (QED) is 0.404. The van der Waals surface area contributed by atoms with Gasteiger partial charge in [0, 0.05) is 5.56 Å². The van der Waals surface area contributed by atoms with Crippen molar-refractivity contribution in [2.24, 2.45) is 4.99 Å². The molecule has 0 aliphatic heterocycles. The minimum absolute atomic E-state index is 0.681. The fourth-order valence-electron chi connectivity index (χ4n) is 1.31. The van der Waals surface area contributed by atoms with Gasteiger partial charge in [-0.25, -0.2) is 4.79 Å². The Balaban J connectivity index is 2.75. The summed E-state index contributed by atoms with van der Waals surface area (Å²) in [7, 11) is 0. The van der Waals surface area contributed by atoms with Crippen LogP contribution in [0.2, 0.25) is 0 Å². The molecule has 0 N–H and O–H groups in total. The highest BCUT2D eigenvalue weighted by Gasteiger charge is 1.94. The van der Waals surface area contributed by atoms with Gasteiger partial charge in [-0.1, -0.05) is 50.1 Å². The van der Waals surface area contributed by atoms with Crippen LogP contribution < -0.4 is 0 Å². The highest BCUT2D eigenvalue weighted by Crippen LogP contribution is 2.19. The third-order valence-corrected chi connectivity index (χ3v) is 2.12. The molecule has 2 heteroatoms. The molecule has 0 radical (unpaired) electrons. The molecule has 0 spiro atoms. The fraction of sp³-hybridized carbons (Fsp3) is 0.308. The Labute approximate surface area is 90.4 Å². The molecule has 0 aliphatic carbocycles. The van der Waals surface area contributed by atoms with Gasteiger partial charge in [-0.05, 0) is 12.5 Å². The van der Waals surface area contributed by atoms with Crippen molar-refractivity contribution < 1.29 is 4.79 Å². The molecule has 1 aromatic rings. The molecule has 0 fully saturated rings. The van der Waals surface area contributed by atoms with E-state index in [0.717, 1.165) is 12.0 Å². The number of para-hydroxylation sites is 1. The monoisotopic (exact) mass is 201 g/mol. The number of isocyanates is 1. The molecular weight excluding hydrogens is 186 g/mol. The molecule has 0 aromatic heterocycles. The van der Waals surface area contributed by atoms with Crippen LogP contribution in [0.25, 0.3) is 6.08 Å². The Hall–Kier alpha value is -1.66. The molecule has 15 heavy (non-hydrogen) atoms. The first kappa shape index (κ1) is 11.4. The lowest BCUT2D eigenvalue weighted by atomic mass is 10.1. The van der Waals surface area contributed by atoms with E-state index in [1.165, 1.54) is 12.8 Å². The van der Waals surface area contributed by atoms with Gasteiger partial charge >= 0.3 is 0 Å². The van der Waals surface area contributed by atoms with Gasteiger partial charge in [0.05, 0.1) is 5.69 Å². The van der Waals surface area contributed by atoms with E-state index in [1.54, 1.807) is 6.08 Å². The average Bonchev–Trinajstić information content (AvgIpc) is 2.27. The minimum Gasteiger partial charge on any atom is -0.211 e. The van der Waals surface area contributed by atoms with E-state index in [-0.39, 0.29) is 0 Å². The van der Waals surface area contributed by atoms with Crippen LogP contribution in [-0.4, -0.2) is 6.08 Å². The number of hydrogen-bond donors (Lipinski definition) is 0. The van der Waals surface area contributed by atoms with Gasteiger partial charge in [0.15, 0.2) is 0 Å². The fourth-order valence-corrected chi connectivity index (χ4v) is 1.31. The molecule has 0 amide bonds. The maximum atomic E-state index is 10.2. The first-order valence-corrected chi connectivity index (χ1v) is 5.22. The van der Waals surface area contributed by atoms with Crippen LogP contribution >= 0.6 is 0 Å². The molecule has 0 bridgehead atoms. The highest BCUT2D eigenvalue weighted by molar-refractivity contribution is 5.66. The Bertz CT molecular complexity index is 376. The Kier molecular flexibility index (Phi) is 5.13. The summed E-state index contributed by atoms with van der Waals surface area (Å²) in [6, 6.07) is 7.55. The molecule has 1 aromatic carbocycles. The first-order chi connectivity index (χ1) is 7.38. The first-order valence-electron chi connectivity index (χ1n) is 5.22. The van der Waals surface area contributed by atoms with Crippen molar-refractivity contribution in [2.45, 2.75) is 26.2 Å². The summed E-state index contributed by atoms with van der Waals surface area (Å²) in [5.74, 6) is 0. The van der Waals surface area contributed by atoms with E-state index < -0.39 is 0 Å². The minimum atomic E-state index is 0.681. The van der Waals surface area contributed by atoms with Crippen LogP contribution in [0, 0.1) is 0 Å². The largest absolute Gasteiger partial charge is 0.240 e. The van der Waals surface area contributed by atoms with Crippen molar-refractivity contribution in [3.8, 4) is 0 Å². The summed E-state index contributed by atoms with van der Waals surface area (Å²) in [6.45, 7) is 2.17. The molecule has 0 aliphatic rings. The van der Waals surface area contributed by atoms with Crippen molar-refractivity contribution in [2.75, 3.05) is 0 Å². The number of allylic oxidation sites excluding steroid dienone is 1. The molecule has 1 rings (SSSR count). The Morgan fingerprint density at radius 1 is 1.40 bits per heavy atom. The van der Waals surface area contributed by atoms with E-state index in [2.05, 4.69) is 18.0 Å². The van der Waals surface area contributed by atoms with E-state index in [0.29, 0.717) is 5.69 Å². The van der Waals surface area contributed by atoms with Crippen LogP contribution in [0.15, 0.2) is 35.3 Å². The number of carbonyl (C=O) groups excluding carboxylic acids is 1. The lowest BCUT2D eigenvalue weighted by Crippen LogP contribution is -1.74. The number of benzene rings is 1. The number of nitrogens with zero attached hydrogens (tertiary/aromatic N) is 1. The zero-order valence-corrected chi connectivity index (χ0v) is 8.94. The van der Waals surface area contributed by atoms with Crippen LogP contribution in [0.1, 0.15) is 31.7 Å². The second-order valence-corrected chi connectivity index (χ2v) is 3.31. The Morgan fingerprint density at radius 3 is 2.93 bits per heavy atom. The van der Waals surface area contributed by atoms with Gasteiger partial charge < -0.3 is 0 Å². The molecule has 0 atom stereocenters. The summed E-state index contributed by atoms with van der Waals surface area (Å²) in [6.07, 6.45) is 9.13. The summed E-state index contributed by atoms with van der Waals surface area (Å²) in [5, 5.41) is 0. The SMILES string of the molecule is CCCC/C=C/c1ccccc1N=C=O.